The van der Waals surface area contributed by atoms with Crippen molar-refractivity contribution in [1.82, 2.24) is 0 Å². The minimum absolute atomic E-state index is 0.303. The van der Waals surface area contributed by atoms with E-state index in [9.17, 15) is 4.39 Å². The molecule has 0 saturated carbocycles. The third kappa shape index (κ3) is 1.77. The van der Waals surface area contributed by atoms with E-state index in [2.05, 4.69) is 0 Å². The van der Waals surface area contributed by atoms with Crippen LogP contribution < -0.4 is 5.73 Å². The van der Waals surface area contributed by atoms with E-state index in [4.69, 9.17) is 5.73 Å². The standard InChI is InChI=1S/C9H12FN/c1-2-9(10,11)8-6-4-3-5-7-8/h3-7H,2,11H2,1H3. The monoisotopic (exact) mass is 153 g/mol. The molecule has 0 radical (unpaired) electrons. The summed E-state index contributed by atoms with van der Waals surface area (Å²) in [6, 6.07) is 8.81. The first-order valence-electron chi connectivity index (χ1n) is 3.70. The molecule has 2 heteroatoms. The quantitative estimate of drug-likeness (QED) is 0.647. The molecule has 60 valence electrons. The van der Waals surface area contributed by atoms with Crippen LogP contribution in [0.3, 0.4) is 0 Å². The zero-order chi connectivity index (χ0) is 8.32. The van der Waals surface area contributed by atoms with Crippen LogP contribution in [0.1, 0.15) is 18.9 Å². The zero-order valence-electron chi connectivity index (χ0n) is 6.55. The minimum atomic E-state index is -1.67. The SMILES string of the molecule is CCC(N)(F)c1ccccc1. The van der Waals surface area contributed by atoms with E-state index >= 15 is 0 Å². The lowest BCUT2D eigenvalue weighted by Crippen LogP contribution is -2.29. The molecule has 1 aromatic carbocycles. The second-order valence-corrected chi connectivity index (χ2v) is 2.58. The molecule has 2 N–H and O–H groups in total. The van der Waals surface area contributed by atoms with Crippen molar-refractivity contribution in [2.24, 2.45) is 5.73 Å². The second kappa shape index (κ2) is 3.01. The summed E-state index contributed by atoms with van der Waals surface area (Å²) >= 11 is 0. The van der Waals surface area contributed by atoms with Crippen molar-refractivity contribution in [1.29, 1.82) is 0 Å². The highest BCUT2D eigenvalue weighted by Gasteiger charge is 2.22. The molecule has 0 aromatic heterocycles. The molecule has 0 aliphatic heterocycles. The van der Waals surface area contributed by atoms with Gasteiger partial charge in [0.05, 0.1) is 0 Å². The summed E-state index contributed by atoms with van der Waals surface area (Å²) in [5, 5.41) is 0. The molecule has 1 unspecified atom stereocenters. The summed E-state index contributed by atoms with van der Waals surface area (Å²) in [4.78, 5) is 0. The molecule has 0 fully saturated rings. The third-order valence-corrected chi connectivity index (χ3v) is 1.77. The second-order valence-electron chi connectivity index (χ2n) is 2.58. The number of alkyl halides is 1. The first kappa shape index (κ1) is 8.21. The first-order chi connectivity index (χ1) is 5.17. The average molecular weight is 153 g/mol. The van der Waals surface area contributed by atoms with E-state index in [1.807, 2.05) is 6.07 Å². The van der Waals surface area contributed by atoms with E-state index in [1.54, 1.807) is 31.2 Å². The molecule has 1 aromatic rings. The van der Waals surface area contributed by atoms with Crippen LogP contribution in [0.4, 0.5) is 4.39 Å². The lowest BCUT2D eigenvalue weighted by Gasteiger charge is -2.17. The van der Waals surface area contributed by atoms with Crippen molar-refractivity contribution in [2.75, 3.05) is 0 Å². The fourth-order valence-corrected chi connectivity index (χ4v) is 0.919. The van der Waals surface area contributed by atoms with E-state index < -0.39 is 5.79 Å². The lowest BCUT2D eigenvalue weighted by atomic mass is 10.0. The van der Waals surface area contributed by atoms with E-state index in [1.165, 1.54) is 0 Å². The molecule has 0 bridgehead atoms. The number of hydrogen-bond acceptors (Lipinski definition) is 1. The molecule has 0 saturated heterocycles. The Kier molecular flexibility index (Phi) is 2.25. The normalized spacial score (nSPS) is 15.9. The van der Waals surface area contributed by atoms with Crippen LogP contribution in [-0.4, -0.2) is 0 Å². The third-order valence-electron chi connectivity index (χ3n) is 1.77. The molecule has 1 atom stereocenters. The Hall–Kier alpha value is -0.890. The van der Waals surface area contributed by atoms with Crippen molar-refractivity contribution in [3.05, 3.63) is 35.9 Å². The number of rotatable bonds is 2. The Morgan fingerprint density at radius 3 is 2.36 bits per heavy atom. The first-order valence-corrected chi connectivity index (χ1v) is 3.70. The van der Waals surface area contributed by atoms with Gasteiger partial charge in [-0.1, -0.05) is 37.3 Å². The predicted molar refractivity (Wildman–Crippen MR) is 43.7 cm³/mol. The Labute approximate surface area is 66.0 Å². The molecule has 0 spiro atoms. The Balaban J connectivity index is 2.93. The van der Waals surface area contributed by atoms with Crippen LogP contribution in [0.25, 0.3) is 0 Å². The Morgan fingerprint density at radius 1 is 1.36 bits per heavy atom. The van der Waals surface area contributed by atoms with Crippen LogP contribution >= 0.6 is 0 Å². The van der Waals surface area contributed by atoms with Gasteiger partial charge in [0, 0.05) is 5.56 Å². The van der Waals surface area contributed by atoms with Gasteiger partial charge in [0.15, 0.2) is 5.79 Å². The van der Waals surface area contributed by atoms with Gasteiger partial charge in [-0.3, -0.25) is 5.73 Å². The zero-order valence-corrected chi connectivity index (χ0v) is 6.55. The summed E-state index contributed by atoms with van der Waals surface area (Å²) in [5.41, 5.74) is 5.91. The smallest absolute Gasteiger partial charge is 0.184 e. The van der Waals surface area contributed by atoms with Crippen molar-refractivity contribution < 1.29 is 4.39 Å². The number of nitrogens with two attached hydrogens (primary N) is 1. The summed E-state index contributed by atoms with van der Waals surface area (Å²) in [6.07, 6.45) is 0.303. The maximum Gasteiger partial charge on any atom is 0.184 e. The lowest BCUT2D eigenvalue weighted by molar-refractivity contribution is 0.168. The van der Waals surface area contributed by atoms with Gasteiger partial charge in [0.1, 0.15) is 0 Å². The molecule has 0 aliphatic carbocycles. The van der Waals surface area contributed by atoms with Crippen molar-refractivity contribution >= 4 is 0 Å². The van der Waals surface area contributed by atoms with E-state index in [0.29, 0.717) is 12.0 Å². The summed E-state index contributed by atoms with van der Waals surface area (Å²) in [7, 11) is 0. The van der Waals surface area contributed by atoms with Gasteiger partial charge in [-0.2, -0.15) is 0 Å². The van der Waals surface area contributed by atoms with Gasteiger partial charge < -0.3 is 0 Å². The molecule has 0 amide bonds. The molecule has 0 aliphatic rings. The van der Waals surface area contributed by atoms with Crippen LogP contribution in [0.2, 0.25) is 0 Å². The molecule has 11 heavy (non-hydrogen) atoms. The Bertz CT molecular complexity index is 218. The summed E-state index contributed by atoms with van der Waals surface area (Å²) in [6.45, 7) is 1.73. The molecule has 0 heterocycles. The van der Waals surface area contributed by atoms with Crippen LogP contribution in [0.15, 0.2) is 30.3 Å². The molecule has 1 rings (SSSR count). The number of hydrogen-bond donors (Lipinski definition) is 1. The molecule has 1 nitrogen and oxygen atoms in total. The van der Waals surface area contributed by atoms with Crippen LogP contribution in [-0.2, 0) is 5.79 Å². The van der Waals surface area contributed by atoms with Crippen molar-refractivity contribution in [2.45, 2.75) is 19.1 Å². The predicted octanol–water partition coefficient (Wildman–Crippen LogP) is 2.18. The van der Waals surface area contributed by atoms with Crippen LogP contribution in [0.5, 0.6) is 0 Å². The van der Waals surface area contributed by atoms with Crippen LogP contribution in [0, 0.1) is 0 Å². The highest BCUT2D eigenvalue weighted by molar-refractivity contribution is 5.20. The van der Waals surface area contributed by atoms with Gasteiger partial charge >= 0.3 is 0 Å². The summed E-state index contributed by atoms with van der Waals surface area (Å²) in [5.74, 6) is -1.67. The topological polar surface area (TPSA) is 26.0 Å². The van der Waals surface area contributed by atoms with Gasteiger partial charge in [0.2, 0.25) is 0 Å². The van der Waals surface area contributed by atoms with Gasteiger partial charge in [-0.05, 0) is 6.42 Å². The van der Waals surface area contributed by atoms with E-state index in [0.717, 1.165) is 0 Å². The molecular formula is C9H12FN. The fourth-order valence-electron chi connectivity index (χ4n) is 0.919. The Morgan fingerprint density at radius 2 is 1.91 bits per heavy atom. The van der Waals surface area contributed by atoms with Gasteiger partial charge in [-0.15, -0.1) is 0 Å². The van der Waals surface area contributed by atoms with Gasteiger partial charge in [-0.25, -0.2) is 4.39 Å². The highest BCUT2D eigenvalue weighted by atomic mass is 19.1. The minimum Gasteiger partial charge on any atom is -0.295 e. The highest BCUT2D eigenvalue weighted by Crippen LogP contribution is 2.22. The maximum absolute atomic E-state index is 13.3. The fraction of sp³-hybridized carbons (Fsp3) is 0.333. The molecular weight excluding hydrogens is 141 g/mol. The van der Waals surface area contributed by atoms with Crippen molar-refractivity contribution in [3.8, 4) is 0 Å². The number of halogens is 1. The largest absolute Gasteiger partial charge is 0.295 e. The average Bonchev–Trinajstić information content (AvgIpc) is 2.06. The maximum atomic E-state index is 13.3. The van der Waals surface area contributed by atoms with Gasteiger partial charge in [0.25, 0.3) is 0 Å². The number of benzene rings is 1. The summed E-state index contributed by atoms with van der Waals surface area (Å²) < 4.78 is 13.3. The van der Waals surface area contributed by atoms with E-state index in [-0.39, 0.29) is 0 Å². The van der Waals surface area contributed by atoms with Crippen molar-refractivity contribution in [3.63, 3.8) is 0 Å².